The highest BCUT2D eigenvalue weighted by atomic mass is 16.2. The normalized spacial score (nSPS) is 19.6. The first-order valence-electron chi connectivity index (χ1n) is 5.28. The highest BCUT2D eigenvalue weighted by Gasteiger charge is 2.28. The maximum atomic E-state index is 11.6. The molecule has 0 bridgehead atoms. The van der Waals surface area contributed by atoms with Crippen molar-refractivity contribution in [2.45, 2.75) is 19.9 Å². The zero-order valence-corrected chi connectivity index (χ0v) is 9.65. The molecule has 5 heteroatoms. The lowest BCUT2D eigenvalue weighted by Gasteiger charge is -2.27. The van der Waals surface area contributed by atoms with Crippen molar-refractivity contribution in [1.29, 1.82) is 0 Å². The van der Waals surface area contributed by atoms with Crippen molar-refractivity contribution < 1.29 is 9.59 Å². The molecule has 2 amide bonds. The number of pyridine rings is 1. The first-order chi connectivity index (χ1) is 8.09. The Bertz CT molecular complexity index is 494. The molecule has 1 aromatic heterocycles. The molecule has 0 radical (unpaired) electrons. The maximum absolute atomic E-state index is 11.6. The van der Waals surface area contributed by atoms with E-state index in [0.29, 0.717) is 11.3 Å². The number of nitrogens with one attached hydrogen (secondary N) is 2. The third-order valence-electron chi connectivity index (χ3n) is 2.67. The van der Waals surface area contributed by atoms with E-state index in [2.05, 4.69) is 15.6 Å². The van der Waals surface area contributed by atoms with Gasteiger partial charge < -0.3 is 10.6 Å². The van der Waals surface area contributed by atoms with Gasteiger partial charge in [0.25, 0.3) is 0 Å². The van der Waals surface area contributed by atoms with Crippen molar-refractivity contribution in [2.24, 2.45) is 0 Å². The van der Waals surface area contributed by atoms with E-state index >= 15 is 0 Å². The van der Waals surface area contributed by atoms with Crippen LogP contribution in [0.5, 0.6) is 0 Å². The van der Waals surface area contributed by atoms with Crippen LogP contribution in [0.25, 0.3) is 0 Å². The molecule has 1 atom stereocenters. The fourth-order valence-corrected chi connectivity index (χ4v) is 1.96. The number of amides is 2. The number of Topliss-reactive ketones (excluding diaryl/α,β-unsaturated/α-hetero) is 1. The predicted octanol–water partition coefficient (Wildman–Crippen LogP) is 1.30. The number of aromatic nitrogens is 1. The van der Waals surface area contributed by atoms with E-state index in [0.717, 1.165) is 5.56 Å². The van der Waals surface area contributed by atoms with Crippen molar-refractivity contribution in [3.05, 3.63) is 41.4 Å². The summed E-state index contributed by atoms with van der Waals surface area (Å²) in [7, 11) is 0. The molecule has 0 fully saturated rings. The second-order valence-corrected chi connectivity index (χ2v) is 3.91. The summed E-state index contributed by atoms with van der Waals surface area (Å²) in [5.41, 5.74) is 1.96. The van der Waals surface area contributed by atoms with E-state index in [-0.39, 0.29) is 11.8 Å². The first-order valence-corrected chi connectivity index (χ1v) is 5.28. The molecule has 2 rings (SSSR count). The maximum Gasteiger partial charge on any atom is 0.319 e. The molecule has 5 nitrogen and oxygen atoms in total. The van der Waals surface area contributed by atoms with Gasteiger partial charge in [0.2, 0.25) is 0 Å². The topological polar surface area (TPSA) is 71.1 Å². The van der Waals surface area contributed by atoms with Crippen molar-refractivity contribution >= 4 is 11.8 Å². The Balaban J connectivity index is 2.47. The summed E-state index contributed by atoms with van der Waals surface area (Å²) in [5, 5.41) is 5.32. The van der Waals surface area contributed by atoms with Gasteiger partial charge in [0.05, 0.1) is 6.04 Å². The van der Waals surface area contributed by atoms with Gasteiger partial charge in [0, 0.05) is 23.7 Å². The molecular weight excluding hydrogens is 218 g/mol. The van der Waals surface area contributed by atoms with Gasteiger partial charge in [-0.2, -0.15) is 0 Å². The van der Waals surface area contributed by atoms with E-state index in [1.807, 2.05) is 6.07 Å². The van der Waals surface area contributed by atoms with Gasteiger partial charge in [-0.05, 0) is 25.5 Å². The number of rotatable bonds is 2. The van der Waals surface area contributed by atoms with Gasteiger partial charge in [-0.25, -0.2) is 4.79 Å². The van der Waals surface area contributed by atoms with E-state index in [1.54, 1.807) is 25.4 Å². The monoisotopic (exact) mass is 231 g/mol. The molecule has 17 heavy (non-hydrogen) atoms. The summed E-state index contributed by atoms with van der Waals surface area (Å²) in [6.07, 6.45) is 3.29. The lowest BCUT2D eigenvalue weighted by molar-refractivity contribution is -0.114. The van der Waals surface area contributed by atoms with Crippen LogP contribution in [0.1, 0.15) is 25.5 Å². The Morgan fingerprint density at radius 2 is 2.24 bits per heavy atom. The van der Waals surface area contributed by atoms with Crippen LogP contribution >= 0.6 is 0 Å². The second kappa shape index (κ2) is 4.37. The summed E-state index contributed by atoms with van der Waals surface area (Å²) < 4.78 is 0. The largest absolute Gasteiger partial charge is 0.327 e. The van der Waals surface area contributed by atoms with Crippen LogP contribution < -0.4 is 10.6 Å². The number of urea groups is 1. The quantitative estimate of drug-likeness (QED) is 0.805. The highest BCUT2D eigenvalue weighted by Crippen LogP contribution is 2.26. The average molecular weight is 231 g/mol. The molecule has 1 aliphatic rings. The van der Waals surface area contributed by atoms with Crippen molar-refractivity contribution in [3.8, 4) is 0 Å². The molecule has 0 aromatic carbocycles. The van der Waals surface area contributed by atoms with Crippen molar-refractivity contribution in [3.63, 3.8) is 0 Å². The molecule has 1 aromatic rings. The van der Waals surface area contributed by atoms with Gasteiger partial charge >= 0.3 is 6.03 Å². The molecule has 0 aliphatic carbocycles. The number of nitrogens with zero attached hydrogens (tertiary/aromatic N) is 1. The van der Waals surface area contributed by atoms with Crippen LogP contribution in [0, 0.1) is 0 Å². The lowest BCUT2D eigenvalue weighted by atomic mass is 9.94. The first kappa shape index (κ1) is 11.3. The molecule has 0 spiro atoms. The van der Waals surface area contributed by atoms with Gasteiger partial charge in [0.1, 0.15) is 0 Å². The van der Waals surface area contributed by atoms with Gasteiger partial charge in [-0.15, -0.1) is 0 Å². The van der Waals surface area contributed by atoms with Crippen molar-refractivity contribution in [1.82, 2.24) is 15.6 Å². The van der Waals surface area contributed by atoms with Gasteiger partial charge in [-0.3, -0.25) is 9.78 Å². The summed E-state index contributed by atoms with van der Waals surface area (Å²) in [4.78, 5) is 27.1. The van der Waals surface area contributed by atoms with Crippen LogP contribution in [0.3, 0.4) is 0 Å². The minimum atomic E-state index is -0.421. The molecule has 1 unspecified atom stereocenters. The third kappa shape index (κ3) is 2.18. The second-order valence-electron chi connectivity index (χ2n) is 3.91. The average Bonchev–Trinajstić information content (AvgIpc) is 2.28. The van der Waals surface area contributed by atoms with Crippen LogP contribution in [0.2, 0.25) is 0 Å². The Kier molecular flexibility index (Phi) is 2.91. The Morgan fingerprint density at radius 1 is 1.47 bits per heavy atom. The minimum absolute atomic E-state index is 0.0659. The number of ketones is 1. The SMILES string of the molecule is CC(=O)C1=C(C)NC(=O)NC1c1cccnc1. The smallest absolute Gasteiger partial charge is 0.319 e. The Hall–Kier alpha value is -2.17. The van der Waals surface area contributed by atoms with Crippen LogP contribution in [0.4, 0.5) is 4.79 Å². The van der Waals surface area contributed by atoms with Crippen LogP contribution in [0.15, 0.2) is 35.8 Å². The summed E-state index contributed by atoms with van der Waals surface area (Å²) in [6, 6.07) is 2.88. The molecule has 0 saturated heterocycles. The molecule has 1 aliphatic heterocycles. The number of allylic oxidation sites excluding steroid dienone is 1. The fraction of sp³-hybridized carbons (Fsp3) is 0.250. The van der Waals surface area contributed by atoms with Crippen LogP contribution in [-0.4, -0.2) is 16.8 Å². The van der Waals surface area contributed by atoms with E-state index in [1.165, 1.54) is 6.92 Å². The Labute approximate surface area is 98.9 Å². The molecule has 0 saturated carbocycles. The number of hydrogen-bond acceptors (Lipinski definition) is 3. The van der Waals surface area contributed by atoms with E-state index in [9.17, 15) is 9.59 Å². The van der Waals surface area contributed by atoms with Crippen molar-refractivity contribution in [2.75, 3.05) is 0 Å². The van der Waals surface area contributed by atoms with Crippen LogP contribution in [-0.2, 0) is 4.79 Å². The standard InChI is InChI=1S/C12H13N3O2/c1-7-10(8(2)16)11(15-12(17)14-7)9-4-3-5-13-6-9/h3-6,11H,1-2H3,(H2,14,15,17). The zero-order valence-electron chi connectivity index (χ0n) is 9.65. The number of carbonyl (C=O) groups excluding carboxylic acids is 2. The summed E-state index contributed by atoms with van der Waals surface area (Å²) in [6.45, 7) is 3.21. The fourth-order valence-electron chi connectivity index (χ4n) is 1.96. The van der Waals surface area contributed by atoms with E-state index < -0.39 is 6.04 Å². The lowest BCUT2D eigenvalue weighted by Crippen LogP contribution is -2.44. The zero-order chi connectivity index (χ0) is 12.4. The molecule has 2 heterocycles. The summed E-state index contributed by atoms with van der Waals surface area (Å²) in [5.74, 6) is -0.0659. The summed E-state index contributed by atoms with van der Waals surface area (Å²) >= 11 is 0. The third-order valence-corrected chi connectivity index (χ3v) is 2.67. The van der Waals surface area contributed by atoms with Gasteiger partial charge in [-0.1, -0.05) is 6.07 Å². The number of carbonyl (C=O) groups is 2. The van der Waals surface area contributed by atoms with Gasteiger partial charge in [0.15, 0.2) is 5.78 Å². The molecular formula is C12H13N3O2. The highest BCUT2D eigenvalue weighted by molar-refractivity contribution is 5.98. The predicted molar refractivity (Wildman–Crippen MR) is 62.0 cm³/mol. The Morgan fingerprint density at radius 3 is 2.82 bits per heavy atom. The minimum Gasteiger partial charge on any atom is -0.327 e. The van der Waals surface area contributed by atoms with E-state index in [4.69, 9.17) is 0 Å². The molecule has 2 N–H and O–H groups in total. The number of hydrogen-bond donors (Lipinski definition) is 2. The molecule has 88 valence electrons.